The van der Waals surface area contributed by atoms with Crippen molar-refractivity contribution in [2.45, 2.75) is 12.7 Å². The van der Waals surface area contributed by atoms with Crippen LogP contribution in [0.3, 0.4) is 0 Å². The minimum atomic E-state index is -4.48. The second kappa shape index (κ2) is 6.80. The Morgan fingerprint density at radius 3 is 2.60 bits per heavy atom. The van der Waals surface area contributed by atoms with Gasteiger partial charge in [-0.2, -0.15) is 13.2 Å². The van der Waals surface area contributed by atoms with Crippen LogP contribution in [0.4, 0.5) is 13.2 Å². The number of hydrogen-bond acceptors (Lipinski definition) is 3. The summed E-state index contributed by atoms with van der Waals surface area (Å²) in [5.74, 6) is 0.0424. The Kier molecular flexibility index (Phi) is 4.56. The van der Waals surface area contributed by atoms with Crippen LogP contribution in [0.25, 0.3) is 11.5 Å². The van der Waals surface area contributed by atoms with Gasteiger partial charge in [-0.3, -0.25) is 9.78 Å². The molecule has 1 aromatic carbocycles. The summed E-state index contributed by atoms with van der Waals surface area (Å²) in [6.07, 6.45) is -1.37. The first-order valence-corrected chi connectivity index (χ1v) is 7.38. The Labute approximate surface area is 141 Å². The monoisotopic (exact) mass is 346 g/mol. The summed E-state index contributed by atoms with van der Waals surface area (Å²) in [4.78, 5) is 16.3. The number of aromatic nitrogens is 1. The van der Waals surface area contributed by atoms with Gasteiger partial charge in [0.15, 0.2) is 5.76 Å². The van der Waals surface area contributed by atoms with Crippen LogP contribution in [0, 0.1) is 0 Å². The van der Waals surface area contributed by atoms with Crippen LogP contribution < -0.4 is 5.32 Å². The molecule has 0 aliphatic heterocycles. The molecule has 0 saturated carbocycles. The van der Waals surface area contributed by atoms with Crippen molar-refractivity contribution in [2.24, 2.45) is 0 Å². The van der Waals surface area contributed by atoms with E-state index in [1.165, 1.54) is 12.1 Å². The van der Waals surface area contributed by atoms with Gasteiger partial charge in [0.05, 0.1) is 11.8 Å². The average Bonchev–Trinajstić information content (AvgIpc) is 3.14. The van der Waals surface area contributed by atoms with E-state index in [1.807, 2.05) is 0 Å². The van der Waals surface area contributed by atoms with E-state index in [4.69, 9.17) is 4.42 Å². The summed E-state index contributed by atoms with van der Waals surface area (Å²) in [5.41, 5.74) is 0.466. The molecule has 0 bridgehead atoms. The third-order valence-electron chi connectivity index (χ3n) is 3.50. The van der Waals surface area contributed by atoms with Crippen LogP contribution in [0.5, 0.6) is 0 Å². The number of carbonyl (C=O) groups excluding carboxylic acids is 1. The highest BCUT2D eigenvalue weighted by Crippen LogP contribution is 2.29. The molecular formula is C18H13F3N2O2. The van der Waals surface area contributed by atoms with E-state index < -0.39 is 17.6 Å². The molecule has 25 heavy (non-hydrogen) atoms. The fraction of sp³-hybridized carbons (Fsp3) is 0.111. The number of furan rings is 1. The van der Waals surface area contributed by atoms with Crippen LogP contribution in [0.2, 0.25) is 0 Å². The molecule has 1 N–H and O–H groups in total. The van der Waals surface area contributed by atoms with Gasteiger partial charge in [-0.25, -0.2) is 0 Å². The molecule has 0 aliphatic carbocycles. The Morgan fingerprint density at radius 1 is 1.12 bits per heavy atom. The lowest BCUT2D eigenvalue weighted by Gasteiger charge is -2.09. The molecule has 3 aromatic rings. The van der Waals surface area contributed by atoms with Crippen LogP contribution >= 0.6 is 0 Å². The molecule has 1 amide bonds. The van der Waals surface area contributed by atoms with Gasteiger partial charge in [-0.05, 0) is 42.0 Å². The predicted octanol–water partition coefficient (Wildman–Crippen LogP) is 4.29. The number of rotatable bonds is 4. The van der Waals surface area contributed by atoms with Crippen molar-refractivity contribution in [1.82, 2.24) is 10.3 Å². The van der Waals surface area contributed by atoms with Crippen molar-refractivity contribution >= 4 is 5.91 Å². The molecule has 3 rings (SSSR count). The topological polar surface area (TPSA) is 55.1 Å². The fourth-order valence-electron chi connectivity index (χ4n) is 2.22. The van der Waals surface area contributed by atoms with E-state index in [0.717, 1.165) is 17.7 Å². The molecule has 2 aromatic heterocycles. The van der Waals surface area contributed by atoms with E-state index in [1.54, 1.807) is 36.7 Å². The summed E-state index contributed by atoms with van der Waals surface area (Å²) < 4.78 is 43.3. The molecule has 0 fully saturated rings. The van der Waals surface area contributed by atoms with Gasteiger partial charge < -0.3 is 9.73 Å². The van der Waals surface area contributed by atoms with Crippen LogP contribution in [0.15, 0.2) is 65.4 Å². The minimum Gasteiger partial charge on any atom is -0.463 e. The predicted molar refractivity (Wildman–Crippen MR) is 84.6 cm³/mol. The number of benzene rings is 1. The summed E-state index contributed by atoms with van der Waals surface area (Å²) in [6, 6.07) is 11.3. The minimum absolute atomic E-state index is 0.0463. The number of amides is 1. The molecule has 7 heteroatoms. The second-order valence-corrected chi connectivity index (χ2v) is 5.29. The first kappa shape index (κ1) is 16.8. The van der Waals surface area contributed by atoms with E-state index >= 15 is 0 Å². The highest BCUT2D eigenvalue weighted by molar-refractivity contribution is 5.94. The maximum Gasteiger partial charge on any atom is 0.416 e. The summed E-state index contributed by atoms with van der Waals surface area (Å²) >= 11 is 0. The zero-order valence-electron chi connectivity index (χ0n) is 12.9. The van der Waals surface area contributed by atoms with E-state index in [2.05, 4.69) is 10.3 Å². The Balaban J connectivity index is 1.64. The lowest BCUT2D eigenvalue weighted by atomic mass is 10.1. The number of pyridine rings is 1. The number of carbonyl (C=O) groups is 1. The SMILES string of the molecule is O=C(NCc1ccc(-c2ccco2)nc1)c1cccc(C(F)(F)F)c1. The van der Waals surface area contributed by atoms with E-state index in [0.29, 0.717) is 11.5 Å². The summed E-state index contributed by atoms with van der Waals surface area (Å²) in [6.45, 7) is 0.153. The lowest BCUT2D eigenvalue weighted by molar-refractivity contribution is -0.137. The van der Waals surface area contributed by atoms with Crippen LogP contribution in [0.1, 0.15) is 21.5 Å². The molecule has 4 nitrogen and oxygen atoms in total. The Bertz CT molecular complexity index is 857. The smallest absolute Gasteiger partial charge is 0.416 e. The molecule has 0 saturated heterocycles. The fourth-order valence-corrected chi connectivity index (χ4v) is 2.22. The summed E-state index contributed by atoms with van der Waals surface area (Å²) in [5, 5.41) is 2.58. The number of halogens is 3. The van der Waals surface area contributed by atoms with E-state index in [-0.39, 0.29) is 12.1 Å². The van der Waals surface area contributed by atoms with Gasteiger partial charge in [0.2, 0.25) is 0 Å². The van der Waals surface area contributed by atoms with Gasteiger partial charge in [0, 0.05) is 18.3 Å². The average molecular weight is 346 g/mol. The van der Waals surface area contributed by atoms with Crippen molar-refractivity contribution in [3.05, 3.63) is 77.7 Å². The molecule has 128 valence electrons. The number of hydrogen-bond donors (Lipinski definition) is 1. The maximum atomic E-state index is 12.7. The van der Waals surface area contributed by atoms with Gasteiger partial charge >= 0.3 is 6.18 Å². The zero-order chi connectivity index (χ0) is 17.9. The third-order valence-corrected chi connectivity index (χ3v) is 3.50. The van der Waals surface area contributed by atoms with Crippen LogP contribution in [-0.2, 0) is 12.7 Å². The Morgan fingerprint density at radius 2 is 1.96 bits per heavy atom. The number of nitrogens with zero attached hydrogens (tertiary/aromatic N) is 1. The first-order chi connectivity index (χ1) is 11.9. The van der Waals surface area contributed by atoms with Crippen molar-refractivity contribution in [3.8, 4) is 11.5 Å². The summed E-state index contributed by atoms with van der Waals surface area (Å²) in [7, 11) is 0. The van der Waals surface area contributed by atoms with Gasteiger partial charge in [0.1, 0.15) is 5.69 Å². The molecule has 0 unspecified atom stereocenters. The molecule has 2 heterocycles. The van der Waals surface area contributed by atoms with E-state index in [9.17, 15) is 18.0 Å². The normalized spacial score (nSPS) is 11.3. The second-order valence-electron chi connectivity index (χ2n) is 5.29. The number of nitrogens with one attached hydrogen (secondary N) is 1. The van der Waals surface area contributed by atoms with Gasteiger partial charge in [-0.1, -0.05) is 12.1 Å². The van der Waals surface area contributed by atoms with Crippen LogP contribution in [-0.4, -0.2) is 10.9 Å². The number of alkyl halides is 3. The molecular weight excluding hydrogens is 333 g/mol. The zero-order valence-corrected chi connectivity index (χ0v) is 12.9. The molecule has 0 spiro atoms. The first-order valence-electron chi connectivity index (χ1n) is 7.38. The highest BCUT2D eigenvalue weighted by Gasteiger charge is 2.30. The quantitative estimate of drug-likeness (QED) is 0.767. The molecule has 0 radical (unpaired) electrons. The third kappa shape index (κ3) is 4.06. The van der Waals surface area contributed by atoms with Crippen molar-refractivity contribution < 1.29 is 22.4 Å². The Hall–Kier alpha value is -3.09. The highest BCUT2D eigenvalue weighted by atomic mass is 19.4. The van der Waals surface area contributed by atoms with Gasteiger partial charge in [0.25, 0.3) is 5.91 Å². The van der Waals surface area contributed by atoms with Crippen molar-refractivity contribution in [1.29, 1.82) is 0 Å². The standard InChI is InChI=1S/C18H13F3N2O2/c19-18(20,21)14-4-1-3-13(9-14)17(24)23-11-12-6-7-15(22-10-12)16-5-2-8-25-16/h1-10H,11H2,(H,23,24). The van der Waals surface area contributed by atoms with Gasteiger partial charge in [-0.15, -0.1) is 0 Å². The van der Waals surface area contributed by atoms with Crippen molar-refractivity contribution in [2.75, 3.05) is 0 Å². The molecule has 0 atom stereocenters. The largest absolute Gasteiger partial charge is 0.463 e. The van der Waals surface area contributed by atoms with Crippen molar-refractivity contribution in [3.63, 3.8) is 0 Å². The lowest BCUT2D eigenvalue weighted by Crippen LogP contribution is -2.23. The maximum absolute atomic E-state index is 12.7. The molecule has 0 aliphatic rings.